The van der Waals surface area contributed by atoms with E-state index in [4.69, 9.17) is 14.6 Å². The van der Waals surface area contributed by atoms with Gasteiger partial charge < -0.3 is 19.9 Å². The third-order valence-electron chi connectivity index (χ3n) is 4.33. The summed E-state index contributed by atoms with van der Waals surface area (Å²) in [7, 11) is 0. The van der Waals surface area contributed by atoms with Gasteiger partial charge in [0.15, 0.2) is 11.5 Å². The van der Waals surface area contributed by atoms with E-state index >= 15 is 0 Å². The van der Waals surface area contributed by atoms with Crippen LogP contribution in [0.25, 0.3) is 0 Å². The van der Waals surface area contributed by atoms with E-state index in [9.17, 15) is 9.59 Å². The maximum absolute atomic E-state index is 12.3. The number of hydrogen-bond donors (Lipinski definition) is 2. The van der Waals surface area contributed by atoms with Crippen molar-refractivity contribution in [1.29, 1.82) is 0 Å². The summed E-state index contributed by atoms with van der Waals surface area (Å²) in [6.07, 6.45) is 0.424. The maximum atomic E-state index is 12.3. The zero-order valence-corrected chi connectivity index (χ0v) is 13.2. The molecule has 0 aromatic heterocycles. The van der Waals surface area contributed by atoms with Crippen molar-refractivity contribution in [3.8, 4) is 11.5 Å². The number of hydrogen-bond acceptors (Lipinski definition) is 4. The molecule has 1 saturated carbocycles. The van der Waals surface area contributed by atoms with E-state index in [0.717, 1.165) is 5.56 Å². The molecule has 1 fully saturated rings. The first-order chi connectivity index (χ1) is 11.0. The first kappa shape index (κ1) is 15.6. The molecule has 0 spiro atoms. The Morgan fingerprint density at radius 1 is 1.17 bits per heavy atom. The van der Waals surface area contributed by atoms with Crippen LogP contribution in [0.4, 0.5) is 0 Å². The predicted molar refractivity (Wildman–Crippen MR) is 82.4 cm³/mol. The van der Waals surface area contributed by atoms with Crippen molar-refractivity contribution in [3.05, 3.63) is 23.8 Å². The molecular weight excluding hydrogens is 298 g/mol. The molecule has 6 heteroatoms. The monoisotopic (exact) mass is 319 g/mol. The summed E-state index contributed by atoms with van der Waals surface area (Å²) in [5, 5.41) is 11.9. The van der Waals surface area contributed by atoms with Crippen LogP contribution in [-0.2, 0) is 9.59 Å². The van der Waals surface area contributed by atoms with Gasteiger partial charge in [0, 0.05) is 0 Å². The van der Waals surface area contributed by atoms with Crippen LogP contribution in [0.1, 0.15) is 31.9 Å². The number of carbonyl (C=O) groups excluding carboxylic acids is 1. The number of carboxylic acid groups (broad SMARTS) is 1. The van der Waals surface area contributed by atoms with Crippen LogP contribution >= 0.6 is 0 Å². The molecule has 0 bridgehead atoms. The number of benzene rings is 1. The van der Waals surface area contributed by atoms with Crippen molar-refractivity contribution in [1.82, 2.24) is 5.32 Å². The summed E-state index contributed by atoms with van der Waals surface area (Å²) in [5.41, 5.74) is 0.935. The fourth-order valence-electron chi connectivity index (χ4n) is 2.91. The summed E-state index contributed by atoms with van der Waals surface area (Å²) in [4.78, 5) is 23.2. The number of nitrogens with one attached hydrogen (secondary N) is 1. The second-order valence-electron chi connectivity index (χ2n) is 6.42. The smallest absolute Gasteiger partial charge is 0.307 e. The van der Waals surface area contributed by atoms with Crippen LogP contribution in [-0.4, -0.2) is 30.2 Å². The van der Waals surface area contributed by atoms with Gasteiger partial charge in [0.1, 0.15) is 13.2 Å². The van der Waals surface area contributed by atoms with E-state index in [-0.39, 0.29) is 17.9 Å². The minimum atomic E-state index is -0.898. The highest BCUT2D eigenvalue weighted by Crippen LogP contribution is 2.40. The van der Waals surface area contributed by atoms with Gasteiger partial charge in [-0.05, 0) is 30.0 Å². The summed E-state index contributed by atoms with van der Waals surface area (Å²) >= 11 is 0. The van der Waals surface area contributed by atoms with Gasteiger partial charge in [-0.1, -0.05) is 19.9 Å². The van der Waals surface area contributed by atoms with Crippen molar-refractivity contribution in [2.24, 2.45) is 17.8 Å². The molecule has 0 unspecified atom stereocenters. The zero-order chi connectivity index (χ0) is 16.6. The zero-order valence-electron chi connectivity index (χ0n) is 13.2. The second kappa shape index (κ2) is 6.10. The summed E-state index contributed by atoms with van der Waals surface area (Å²) < 4.78 is 11.1. The lowest BCUT2D eigenvalue weighted by Gasteiger charge is -2.25. The fraction of sp³-hybridized carbons (Fsp3) is 0.529. The van der Waals surface area contributed by atoms with Gasteiger partial charge in [-0.15, -0.1) is 0 Å². The van der Waals surface area contributed by atoms with Gasteiger partial charge in [-0.2, -0.15) is 0 Å². The van der Waals surface area contributed by atoms with Gasteiger partial charge in [-0.25, -0.2) is 0 Å². The largest absolute Gasteiger partial charge is 0.486 e. The number of carboxylic acids is 1. The molecule has 1 aromatic carbocycles. The fourth-order valence-corrected chi connectivity index (χ4v) is 2.91. The summed E-state index contributed by atoms with van der Waals surface area (Å²) in [6, 6.07) is 5.47. The molecule has 3 rings (SSSR count). The molecule has 0 radical (unpaired) electrons. The first-order valence-electron chi connectivity index (χ1n) is 7.90. The van der Waals surface area contributed by atoms with Crippen LogP contribution in [0, 0.1) is 17.8 Å². The minimum absolute atomic E-state index is 0.170. The van der Waals surface area contributed by atoms with Crippen molar-refractivity contribution in [2.75, 3.05) is 13.2 Å². The molecule has 3 atom stereocenters. The topological polar surface area (TPSA) is 84.9 Å². The number of carbonyl (C=O) groups is 2. The number of amides is 1. The molecular formula is C17H21NO5. The van der Waals surface area contributed by atoms with Crippen molar-refractivity contribution in [3.63, 3.8) is 0 Å². The summed E-state index contributed by atoms with van der Waals surface area (Å²) in [6.45, 7) is 5.08. The van der Waals surface area contributed by atoms with Gasteiger partial charge in [0.2, 0.25) is 5.91 Å². The molecule has 1 aliphatic carbocycles. The molecule has 124 valence electrons. The molecule has 1 aromatic rings. The van der Waals surface area contributed by atoms with Gasteiger partial charge >= 0.3 is 5.97 Å². The Morgan fingerprint density at radius 2 is 1.87 bits per heavy atom. The van der Waals surface area contributed by atoms with Gasteiger partial charge in [0.25, 0.3) is 0 Å². The normalized spacial score (nSPS) is 23.3. The van der Waals surface area contributed by atoms with Gasteiger partial charge in [-0.3, -0.25) is 9.59 Å². The SMILES string of the molecule is CC(C)[C@H](NC(=O)[C@@H]1C[C@H]1C(=O)O)c1ccc2c(c1)OCCO2. The quantitative estimate of drug-likeness (QED) is 0.867. The molecule has 2 N–H and O–H groups in total. The Balaban J connectivity index is 1.74. The lowest BCUT2D eigenvalue weighted by molar-refractivity contribution is -0.140. The highest BCUT2D eigenvalue weighted by atomic mass is 16.6. The molecule has 6 nitrogen and oxygen atoms in total. The maximum Gasteiger partial charge on any atom is 0.307 e. The number of ether oxygens (including phenoxy) is 2. The highest BCUT2D eigenvalue weighted by Gasteiger charge is 2.48. The number of rotatable bonds is 5. The van der Waals surface area contributed by atoms with Crippen LogP contribution in [0.15, 0.2) is 18.2 Å². The number of fused-ring (bicyclic) bond motifs is 1. The third kappa shape index (κ3) is 3.25. The molecule has 23 heavy (non-hydrogen) atoms. The van der Waals surface area contributed by atoms with Gasteiger partial charge in [0.05, 0.1) is 17.9 Å². The molecule has 1 aliphatic heterocycles. The number of aliphatic carboxylic acids is 1. The molecule has 1 heterocycles. The van der Waals surface area contributed by atoms with Crippen LogP contribution in [0.3, 0.4) is 0 Å². The van der Waals surface area contributed by atoms with Crippen molar-refractivity contribution in [2.45, 2.75) is 26.3 Å². The van der Waals surface area contributed by atoms with E-state index in [1.165, 1.54) is 0 Å². The average molecular weight is 319 g/mol. The highest BCUT2D eigenvalue weighted by molar-refractivity contribution is 5.89. The van der Waals surface area contributed by atoms with Crippen molar-refractivity contribution >= 4 is 11.9 Å². The van der Waals surface area contributed by atoms with E-state index in [2.05, 4.69) is 5.32 Å². The Bertz CT molecular complexity index is 627. The Kier molecular flexibility index (Phi) is 4.15. The second-order valence-corrected chi connectivity index (χ2v) is 6.42. The van der Waals surface area contributed by atoms with Crippen LogP contribution in [0.2, 0.25) is 0 Å². The van der Waals surface area contributed by atoms with E-state index < -0.39 is 17.8 Å². The molecule has 2 aliphatic rings. The van der Waals surface area contributed by atoms with Crippen LogP contribution < -0.4 is 14.8 Å². The molecule has 1 amide bonds. The van der Waals surface area contributed by atoms with E-state index in [1.54, 1.807) is 0 Å². The van der Waals surface area contributed by atoms with E-state index in [0.29, 0.717) is 31.1 Å². The Labute approximate surface area is 134 Å². The Morgan fingerprint density at radius 3 is 2.48 bits per heavy atom. The van der Waals surface area contributed by atoms with E-state index in [1.807, 2.05) is 32.0 Å². The third-order valence-corrected chi connectivity index (χ3v) is 4.33. The Hall–Kier alpha value is -2.24. The predicted octanol–water partition coefficient (Wildman–Crippen LogP) is 1.99. The lowest BCUT2D eigenvalue weighted by Crippen LogP contribution is -2.33. The lowest BCUT2D eigenvalue weighted by atomic mass is 9.95. The average Bonchev–Trinajstić information content (AvgIpc) is 3.32. The van der Waals surface area contributed by atoms with Crippen molar-refractivity contribution < 1.29 is 24.2 Å². The standard InChI is InChI=1S/C17H21NO5/c1-9(2)15(18-16(19)11-8-12(11)17(20)21)10-3-4-13-14(7-10)23-6-5-22-13/h3-4,7,9,11-12,15H,5-6,8H2,1-2H3,(H,18,19)(H,20,21)/t11-,12-,15+/m1/s1. The van der Waals surface area contributed by atoms with Crippen LogP contribution in [0.5, 0.6) is 11.5 Å². The summed E-state index contributed by atoms with van der Waals surface area (Å²) in [5.74, 6) is -0.473. The molecule has 0 saturated heterocycles. The minimum Gasteiger partial charge on any atom is -0.486 e. The first-order valence-corrected chi connectivity index (χ1v) is 7.90.